The Bertz CT molecular complexity index is 662. The maximum atomic E-state index is 12.6. The minimum Gasteiger partial charge on any atom is -0.466 e. The monoisotopic (exact) mass is 368 g/mol. The SMILES string of the molecule is CCOC(=O)[C@@H]1C(=O)C[C@@](C)(O)[C@@H](C(=O)OCC)[C@@H]1c1ccc(C)s1. The zero-order chi connectivity index (χ0) is 18.8. The van der Waals surface area contributed by atoms with Crippen molar-refractivity contribution >= 4 is 29.1 Å². The van der Waals surface area contributed by atoms with Crippen molar-refractivity contribution in [1.29, 1.82) is 0 Å². The number of Topliss-reactive ketones (excluding diaryl/α,β-unsaturated/α-hetero) is 1. The van der Waals surface area contributed by atoms with Gasteiger partial charge in [0.2, 0.25) is 0 Å². The van der Waals surface area contributed by atoms with Crippen molar-refractivity contribution in [2.75, 3.05) is 13.2 Å². The number of carbonyl (C=O) groups is 3. The number of rotatable bonds is 5. The molecule has 1 heterocycles. The second-order valence-corrected chi connectivity index (χ2v) is 7.75. The molecule has 1 aliphatic rings. The van der Waals surface area contributed by atoms with E-state index in [1.165, 1.54) is 18.3 Å². The zero-order valence-corrected chi connectivity index (χ0v) is 15.7. The van der Waals surface area contributed by atoms with Gasteiger partial charge < -0.3 is 14.6 Å². The van der Waals surface area contributed by atoms with Crippen LogP contribution in [-0.4, -0.2) is 41.6 Å². The van der Waals surface area contributed by atoms with Crippen molar-refractivity contribution in [3.05, 3.63) is 21.9 Å². The minimum atomic E-state index is -1.59. The van der Waals surface area contributed by atoms with Gasteiger partial charge in [0, 0.05) is 22.1 Å². The van der Waals surface area contributed by atoms with Crippen LogP contribution in [0.5, 0.6) is 0 Å². The van der Waals surface area contributed by atoms with Gasteiger partial charge in [0.25, 0.3) is 0 Å². The molecule has 0 amide bonds. The van der Waals surface area contributed by atoms with Crippen LogP contribution in [0.2, 0.25) is 0 Å². The number of hydrogen-bond acceptors (Lipinski definition) is 7. The van der Waals surface area contributed by atoms with Crippen molar-refractivity contribution in [2.24, 2.45) is 11.8 Å². The van der Waals surface area contributed by atoms with Crippen LogP contribution in [-0.2, 0) is 23.9 Å². The van der Waals surface area contributed by atoms with Crippen molar-refractivity contribution in [3.63, 3.8) is 0 Å². The summed E-state index contributed by atoms with van der Waals surface area (Å²) in [5.41, 5.74) is -1.59. The lowest BCUT2D eigenvalue weighted by molar-refractivity contribution is -0.172. The van der Waals surface area contributed by atoms with E-state index in [1.807, 2.05) is 13.0 Å². The number of thiophene rings is 1. The van der Waals surface area contributed by atoms with Crippen LogP contribution in [0.3, 0.4) is 0 Å². The van der Waals surface area contributed by atoms with Crippen molar-refractivity contribution in [3.8, 4) is 0 Å². The molecular weight excluding hydrogens is 344 g/mol. The van der Waals surface area contributed by atoms with Gasteiger partial charge in [-0.3, -0.25) is 14.4 Å². The first-order chi connectivity index (χ1) is 11.7. The molecule has 0 aromatic carbocycles. The molecule has 0 saturated heterocycles. The Morgan fingerprint density at radius 2 is 1.84 bits per heavy atom. The summed E-state index contributed by atoms with van der Waals surface area (Å²) in [4.78, 5) is 39.4. The number of esters is 2. The highest BCUT2D eigenvalue weighted by molar-refractivity contribution is 7.12. The van der Waals surface area contributed by atoms with E-state index in [1.54, 1.807) is 19.9 Å². The first kappa shape index (κ1) is 19.6. The summed E-state index contributed by atoms with van der Waals surface area (Å²) in [6.45, 7) is 6.97. The first-order valence-corrected chi connectivity index (χ1v) is 9.19. The van der Waals surface area contributed by atoms with Gasteiger partial charge in [-0.25, -0.2) is 0 Å². The number of hydrogen-bond donors (Lipinski definition) is 1. The minimum absolute atomic E-state index is 0.138. The van der Waals surface area contributed by atoms with Crippen molar-refractivity contribution in [2.45, 2.75) is 45.6 Å². The van der Waals surface area contributed by atoms with Gasteiger partial charge in [0.1, 0.15) is 5.92 Å². The summed E-state index contributed by atoms with van der Waals surface area (Å²) in [7, 11) is 0. The summed E-state index contributed by atoms with van der Waals surface area (Å²) in [6.07, 6.45) is -0.291. The second kappa shape index (κ2) is 7.66. The highest BCUT2D eigenvalue weighted by Gasteiger charge is 2.57. The number of aryl methyl sites for hydroxylation is 1. The summed E-state index contributed by atoms with van der Waals surface area (Å²) in [5, 5.41) is 10.8. The molecule has 138 valence electrons. The number of ketones is 1. The zero-order valence-electron chi connectivity index (χ0n) is 14.9. The van der Waals surface area contributed by atoms with E-state index in [9.17, 15) is 19.5 Å². The molecule has 0 spiro atoms. The van der Waals surface area contributed by atoms with Gasteiger partial charge in [0.05, 0.1) is 24.7 Å². The van der Waals surface area contributed by atoms with Gasteiger partial charge in [-0.2, -0.15) is 0 Å². The molecule has 1 aromatic heterocycles. The molecule has 0 unspecified atom stereocenters. The second-order valence-electron chi connectivity index (χ2n) is 6.43. The lowest BCUT2D eigenvalue weighted by Gasteiger charge is -2.43. The Labute approximate surface area is 151 Å². The smallest absolute Gasteiger partial charge is 0.317 e. The van der Waals surface area contributed by atoms with E-state index in [-0.39, 0.29) is 19.6 Å². The van der Waals surface area contributed by atoms with Gasteiger partial charge in [-0.05, 0) is 39.8 Å². The number of carbonyl (C=O) groups excluding carboxylic acids is 3. The van der Waals surface area contributed by atoms with Crippen LogP contribution in [0, 0.1) is 18.8 Å². The summed E-state index contributed by atoms with van der Waals surface area (Å²) in [5.74, 6) is -4.61. The number of ether oxygens (including phenoxy) is 2. The number of aliphatic hydroxyl groups is 1. The van der Waals surface area contributed by atoms with Crippen molar-refractivity contribution < 1.29 is 29.0 Å². The molecule has 1 saturated carbocycles. The topological polar surface area (TPSA) is 89.9 Å². The third kappa shape index (κ3) is 3.93. The molecular formula is C18H24O6S. The third-order valence-electron chi connectivity index (χ3n) is 4.44. The van der Waals surface area contributed by atoms with Crippen LogP contribution in [0.15, 0.2) is 12.1 Å². The largest absolute Gasteiger partial charge is 0.466 e. The Balaban J connectivity index is 2.56. The molecule has 1 aromatic rings. The standard InChI is InChI=1S/C18H24O6S/c1-5-23-16(20)13-11(19)9-18(4,22)15(17(21)24-6-2)14(13)12-8-7-10(3)25-12/h7-8,13-15,22H,5-6,9H2,1-4H3/t13-,14-,15-,18-/m1/s1. The van der Waals surface area contributed by atoms with E-state index in [0.29, 0.717) is 4.88 Å². The molecule has 0 bridgehead atoms. The molecule has 1 N–H and O–H groups in total. The van der Waals surface area contributed by atoms with Gasteiger partial charge in [-0.15, -0.1) is 11.3 Å². The Kier molecular flexibility index (Phi) is 6.00. The van der Waals surface area contributed by atoms with Gasteiger partial charge in [0.15, 0.2) is 5.78 Å². The summed E-state index contributed by atoms with van der Waals surface area (Å²) < 4.78 is 10.2. The van der Waals surface area contributed by atoms with E-state index >= 15 is 0 Å². The molecule has 4 atom stereocenters. The van der Waals surface area contributed by atoms with E-state index < -0.39 is 41.1 Å². The molecule has 0 aliphatic heterocycles. The summed E-state index contributed by atoms with van der Waals surface area (Å²) >= 11 is 1.40. The predicted molar refractivity (Wildman–Crippen MR) is 92.3 cm³/mol. The fourth-order valence-corrected chi connectivity index (χ4v) is 4.51. The van der Waals surface area contributed by atoms with E-state index in [2.05, 4.69) is 0 Å². The molecule has 2 rings (SSSR count). The highest BCUT2D eigenvalue weighted by atomic mass is 32.1. The molecule has 6 nitrogen and oxygen atoms in total. The van der Waals surface area contributed by atoms with Gasteiger partial charge in [-0.1, -0.05) is 0 Å². The first-order valence-electron chi connectivity index (χ1n) is 8.37. The third-order valence-corrected chi connectivity index (χ3v) is 5.54. The Morgan fingerprint density at radius 1 is 1.24 bits per heavy atom. The molecule has 0 radical (unpaired) electrons. The molecule has 7 heteroatoms. The van der Waals surface area contributed by atoms with Crippen LogP contribution in [0.1, 0.15) is 42.9 Å². The fraction of sp³-hybridized carbons (Fsp3) is 0.611. The quantitative estimate of drug-likeness (QED) is 0.633. The molecule has 1 fully saturated rings. The maximum absolute atomic E-state index is 12.6. The van der Waals surface area contributed by atoms with Crippen LogP contribution in [0.25, 0.3) is 0 Å². The predicted octanol–water partition coefficient (Wildman–Crippen LogP) is 2.22. The average Bonchev–Trinajstić information content (AvgIpc) is 2.92. The summed E-state index contributed by atoms with van der Waals surface area (Å²) in [6, 6.07) is 3.65. The van der Waals surface area contributed by atoms with Crippen molar-refractivity contribution in [1.82, 2.24) is 0 Å². The lowest BCUT2D eigenvalue weighted by Crippen LogP contribution is -2.55. The van der Waals surface area contributed by atoms with Crippen LogP contribution >= 0.6 is 11.3 Å². The van der Waals surface area contributed by atoms with Crippen LogP contribution in [0.4, 0.5) is 0 Å². The fourth-order valence-electron chi connectivity index (χ4n) is 3.46. The normalized spacial score (nSPS) is 29.3. The molecule has 1 aliphatic carbocycles. The Morgan fingerprint density at radius 3 is 2.36 bits per heavy atom. The van der Waals surface area contributed by atoms with E-state index in [0.717, 1.165) is 4.88 Å². The highest BCUT2D eigenvalue weighted by Crippen LogP contribution is 2.48. The van der Waals surface area contributed by atoms with Crippen LogP contribution < -0.4 is 0 Å². The van der Waals surface area contributed by atoms with E-state index in [4.69, 9.17) is 9.47 Å². The lowest BCUT2D eigenvalue weighted by atomic mass is 9.63. The maximum Gasteiger partial charge on any atom is 0.317 e. The Hall–Kier alpha value is -1.73. The van der Waals surface area contributed by atoms with Gasteiger partial charge >= 0.3 is 11.9 Å². The average molecular weight is 368 g/mol. The molecule has 25 heavy (non-hydrogen) atoms.